The van der Waals surface area contributed by atoms with Crippen LogP contribution in [0.25, 0.3) is 0 Å². The maximum atomic E-state index is 13.7. The van der Waals surface area contributed by atoms with E-state index in [9.17, 15) is 24.4 Å². The summed E-state index contributed by atoms with van der Waals surface area (Å²) in [5.74, 6) is -0.700. The number of carbonyl (C=O) groups is 4. The number of alkyl carbamates (subject to hydrolysis) is 1. The van der Waals surface area contributed by atoms with Crippen LogP contribution in [0.3, 0.4) is 0 Å². The summed E-state index contributed by atoms with van der Waals surface area (Å²) in [5.41, 5.74) is 0. The summed E-state index contributed by atoms with van der Waals surface area (Å²) < 4.78 is 4.50. The fourth-order valence-corrected chi connectivity index (χ4v) is 4.73. The van der Waals surface area contributed by atoms with E-state index in [-0.39, 0.29) is 31.4 Å². The lowest BCUT2D eigenvalue weighted by Gasteiger charge is -2.36. The molecule has 9 heteroatoms. The van der Waals surface area contributed by atoms with Crippen molar-refractivity contribution in [3.05, 3.63) is 0 Å². The zero-order valence-electron chi connectivity index (χ0n) is 17.6. The fourth-order valence-electron chi connectivity index (χ4n) is 4.73. The predicted octanol–water partition coefficient (Wildman–Crippen LogP) is 2.81. The fraction of sp³-hybridized carbons (Fsp3) is 0.800. The quantitative estimate of drug-likeness (QED) is 0.288. The van der Waals surface area contributed by atoms with Crippen LogP contribution in [0.5, 0.6) is 0 Å². The van der Waals surface area contributed by atoms with E-state index in [1.165, 1.54) is 0 Å². The Morgan fingerprint density at radius 3 is 2.38 bits per heavy atom. The molecule has 0 aromatic rings. The molecule has 164 valence electrons. The summed E-state index contributed by atoms with van der Waals surface area (Å²) in [6.45, 7) is 5.29. The van der Waals surface area contributed by atoms with Crippen molar-refractivity contribution in [1.29, 1.82) is 0 Å². The van der Waals surface area contributed by atoms with Gasteiger partial charge in [-0.1, -0.05) is 25.7 Å². The molecule has 1 aliphatic heterocycles. The first-order valence-corrected chi connectivity index (χ1v) is 10.6. The minimum atomic E-state index is -0.876. The Hall–Kier alpha value is -2.00. The van der Waals surface area contributed by atoms with Crippen LogP contribution in [0.1, 0.15) is 65.7 Å². The highest BCUT2D eigenvalue weighted by molar-refractivity contribution is 5.93. The lowest BCUT2D eigenvalue weighted by atomic mass is 9.91. The van der Waals surface area contributed by atoms with Gasteiger partial charge in [0.1, 0.15) is 6.04 Å². The van der Waals surface area contributed by atoms with E-state index in [0.717, 1.165) is 25.7 Å². The van der Waals surface area contributed by atoms with Crippen molar-refractivity contribution in [2.45, 2.75) is 77.9 Å². The van der Waals surface area contributed by atoms with Crippen LogP contribution in [-0.4, -0.2) is 64.4 Å². The molecular formula is C20H34N3O6+. The van der Waals surface area contributed by atoms with Gasteiger partial charge in [0.2, 0.25) is 6.41 Å². The number of likely N-dealkylation sites (tertiary alicyclic amines) is 1. The molecule has 2 aliphatic rings. The van der Waals surface area contributed by atoms with Crippen molar-refractivity contribution >= 4 is 24.4 Å². The topological polar surface area (TPSA) is 113 Å². The molecule has 0 aromatic carbocycles. The summed E-state index contributed by atoms with van der Waals surface area (Å²) >= 11 is 0. The van der Waals surface area contributed by atoms with Crippen LogP contribution in [-0.2, 0) is 14.3 Å². The first-order chi connectivity index (χ1) is 13.7. The highest BCUT2D eigenvalue weighted by Gasteiger charge is 2.55. The van der Waals surface area contributed by atoms with Crippen LogP contribution in [0.4, 0.5) is 9.59 Å². The molecule has 1 saturated heterocycles. The van der Waals surface area contributed by atoms with Crippen LogP contribution < -0.4 is 5.32 Å². The van der Waals surface area contributed by atoms with Gasteiger partial charge in [-0.05, 0) is 33.1 Å². The van der Waals surface area contributed by atoms with E-state index < -0.39 is 28.6 Å². The number of hydrogen-bond donors (Lipinski definition) is 2. The van der Waals surface area contributed by atoms with Crippen LogP contribution in [0, 0.1) is 11.8 Å². The molecule has 1 saturated carbocycles. The monoisotopic (exact) mass is 412 g/mol. The summed E-state index contributed by atoms with van der Waals surface area (Å²) in [6, 6.07) is -0.999. The Kier molecular flexibility index (Phi) is 8.15. The minimum Gasteiger partial charge on any atom is -0.446 e. The van der Waals surface area contributed by atoms with Gasteiger partial charge in [0.05, 0.1) is 25.1 Å². The Bertz CT molecular complexity index is 619. The average Bonchev–Trinajstić information content (AvgIpc) is 3.29. The van der Waals surface area contributed by atoms with Crippen molar-refractivity contribution in [2.24, 2.45) is 11.8 Å². The molecular weight excluding hydrogens is 378 g/mol. The van der Waals surface area contributed by atoms with Crippen LogP contribution in [0.15, 0.2) is 0 Å². The Labute approximate surface area is 171 Å². The molecule has 2 rings (SSSR count). The van der Waals surface area contributed by atoms with Gasteiger partial charge in [0.15, 0.2) is 0 Å². The molecule has 1 aliphatic carbocycles. The van der Waals surface area contributed by atoms with Crippen molar-refractivity contribution in [3.8, 4) is 0 Å². The van der Waals surface area contributed by atoms with Gasteiger partial charge in [-0.3, -0.25) is 10.0 Å². The SMILES string of the molecule is CC(C)OC(=O)NC(=O)[N+]1(C(=O)[C@H](CC2CCCC2)CN(O)C=O)CCC[C@H]1C. The smallest absolute Gasteiger partial charge is 0.433 e. The summed E-state index contributed by atoms with van der Waals surface area (Å²) in [7, 11) is 0. The predicted molar refractivity (Wildman–Crippen MR) is 104 cm³/mol. The van der Waals surface area contributed by atoms with E-state index in [1.54, 1.807) is 13.8 Å². The van der Waals surface area contributed by atoms with Gasteiger partial charge in [0, 0.05) is 12.8 Å². The zero-order valence-corrected chi connectivity index (χ0v) is 17.6. The number of imide groups is 2. The average molecular weight is 413 g/mol. The Morgan fingerprint density at radius 2 is 1.86 bits per heavy atom. The first-order valence-electron chi connectivity index (χ1n) is 10.6. The van der Waals surface area contributed by atoms with E-state index in [1.807, 2.05) is 6.92 Å². The number of carbonyl (C=O) groups excluding carboxylic acids is 4. The molecule has 0 aromatic heterocycles. The number of rotatable bonds is 7. The number of nitrogens with one attached hydrogen (secondary N) is 1. The Morgan fingerprint density at radius 1 is 1.21 bits per heavy atom. The van der Waals surface area contributed by atoms with Crippen LogP contribution >= 0.6 is 0 Å². The van der Waals surface area contributed by atoms with Crippen LogP contribution in [0.2, 0.25) is 0 Å². The van der Waals surface area contributed by atoms with Gasteiger partial charge in [-0.2, -0.15) is 4.48 Å². The first kappa shape index (κ1) is 23.3. The second kappa shape index (κ2) is 10.2. The van der Waals surface area contributed by atoms with Crippen molar-refractivity contribution in [1.82, 2.24) is 10.4 Å². The van der Waals surface area contributed by atoms with Gasteiger partial charge >= 0.3 is 18.0 Å². The number of amides is 5. The summed E-state index contributed by atoms with van der Waals surface area (Å²) in [5, 5.41) is 12.5. The minimum absolute atomic E-state index is 0.157. The highest BCUT2D eigenvalue weighted by atomic mass is 16.6. The molecule has 0 radical (unpaired) electrons. The van der Waals surface area contributed by atoms with E-state index in [4.69, 9.17) is 4.74 Å². The van der Waals surface area contributed by atoms with Gasteiger partial charge in [-0.25, -0.2) is 24.8 Å². The third-order valence-corrected chi connectivity index (χ3v) is 6.16. The molecule has 0 bridgehead atoms. The van der Waals surface area contributed by atoms with Gasteiger partial charge < -0.3 is 4.74 Å². The molecule has 29 heavy (non-hydrogen) atoms. The molecule has 3 atom stereocenters. The number of ether oxygens (including phenoxy) is 1. The van der Waals surface area contributed by atoms with Crippen molar-refractivity contribution in [3.63, 3.8) is 0 Å². The van der Waals surface area contributed by atoms with Crippen molar-refractivity contribution < 1.29 is 33.6 Å². The number of quaternary nitrogens is 1. The second-order valence-electron chi connectivity index (χ2n) is 8.62. The van der Waals surface area contributed by atoms with E-state index >= 15 is 0 Å². The van der Waals surface area contributed by atoms with E-state index in [2.05, 4.69) is 5.32 Å². The van der Waals surface area contributed by atoms with Gasteiger partial charge in [0.25, 0.3) is 0 Å². The van der Waals surface area contributed by atoms with Gasteiger partial charge in [-0.15, -0.1) is 0 Å². The maximum absolute atomic E-state index is 13.7. The molecule has 5 amide bonds. The third-order valence-electron chi connectivity index (χ3n) is 6.16. The maximum Gasteiger partial charge on any atom is 0.433 e. The highest BCUT2D eigenvalue weighted by Crippen LogP contribution is 2.35. The summed E-state index contributed by atoms with van der Waals surface area (Å²) in [4.78, 5) is 49.7. The standard InChI is InChI=1S/C20H33N3O6/c1-14(2)29-20(27)21-19(26)23(10-6-7-15(23)3)18(25)17(12-22(28)13-24)11-16-8-4-5-9-16/h13-17,28H,4-12H2,1-3H3/p+1/t15-,17-,23?/m1/s1. The molecule has 1 heterocycles. The summed E-state index contributed by atoms with van der Waals surface area (Å²) in [6.07, 6.45) is 5.05. The second-order valence-corrected chi connectivity index (χ2v) is 8.62. The largest absolute Gasteiger partial charge is 0.446 e. The molecule has 2 N–H and O–H groups in total. The lowest BCUT2D eigenvalue weighted by Crippen LogP contribution is -2.65. The molecule has 9 nitrogen and oxygen atoms in total. The van der Waals surface area contributed by atoms with Crippen molar-refractivity contribution in [2.75, 3.05) is 13.1 Å². The number of hydrogen-bond acceptors (Lipinski definition) is 6. The number of nitrogens with zero attached hydrogens (tertiary/aromatic N) is 2. The normalized spacial score (nSPS) is 25.6. The number of urea groups is 1. The lowest BCUT2D eigenvalue weighted by molar-refractivity contribution is -0.786. The Balaban J connectivity index is 2.26. The zero-order chi connectivity index (χ0) is 21.6. The molecule has 2 fully saturated rings. The van der Waals surface area contributed by atoms with E-state index in [0.29, 0.717) is 30.2 Å². The molecule has 1 unspecified atom stereocenters. The third kappa shape index (κ3) is 5.54. The molecule has 0 spiro atoms. The number of hydroxylamine groups is 2.